The second-order valence-corrected chi connectivity index (χ2v) is 7.97. The third-order valence-corrected chi connectivity index (χ3v) is 5.29. The maximum atomic E-state index is 13.7. The first-order valence-electron chi connectivity index (χ1n) is 8.79. The fourth-order valence-electron chi connectivity index (χ4n) is 4.48. The average Bonchev–Trinajstić information content (AvgIpc) is 2.75. The van der Waals surface area contributed by atoms with Crippen molar-refractivity contribution in [3.63, 3.8) is 0 Å². The number of amides is 1. The number of fused-ring (bicyclic) bond motifs is 1. The number of anilines is 1. The van der Waals surface area contributed by atoms with Crippen molar-refractivity contribution in [2.45, 2.75) is 50.7 Å². The van der Waals surface area contributed by atoms with Crippen molar-refractivity contribution in [3.8, 4) is 0 Å². The number of likely N-dealkylation sites (N-methyl/N-ethyl adjacent to an activating group) is 1. The van der Waals surface area contributed by atoms with Gasteiger partial charge in [0, 0.05) is 17.8 Å². The first-order valence-corrected chi connectivity index (χ1v) is 8.79. The molecule has 1 amide bonds. The maximum Gasteiger partial charge on any atom is 0.237 e. The maximum absolute atomic E-state index is 13.7. The number of benzene rings is 1. The first-order chi connectivity index (χ1) is 11.3. The summed E-state index contributed by atoms with van der Waals surface area (Å²) in [5.41, 5.74) is 0.832. The van der Waals surface area contributed by atoms with E-state index >= 15 is 0 Å². The van der Waals surface area contributed by atoms with E-state index in [0.29, 0.717) is 6.54 Å². The van der Waals surface area contributed by atoms with Crippen LogP contribution in [0.1, 0.15) is 33.1 Å². The zero-order valence-corrected chi connectivity index (χ0v) is 15.1. The molecule has 0 spiro atoms. The van der Waals surface area contributed by atoms with Crippen molar-refractivity contribution in [1.29, 1.82) is 0 Å². The van der Waals surface area contributed by atoms with Crippen molar-refractivity contribution in [1.82, 2.24) is 9.80 Å². The SMILES string of the molecule is CN(C)CC(=O)N1CCC[C@H]2[C@@H]1CC(C)(C)N2c1cccc(F)c1. The van der Waals surface area contributed by atoms with E-state index in [1.807, 2.05) is 25.1 Å². The molecule has 0 N–H and O–H groups in total. The van der Waals surface area contributed by atoms with Gasteiger partial charge in [-0.2, -0.15) is 0 Å². The summed E-state index contributed by atoms with van der Waals surface area (Å²) in [6.07, 6.45) is 2.98. The molecule has 1 aromatic carbocycles. The summed E-state index contributed by atoms with van der Waals surface area (Å²) in [7, 11) is 3.86. The van der Waals surface area contributed by atoms with Crippen LogP contribution in [-0.2, 0) is 4.79 Å². The molecule has 0 saturated carbocycles. The van der Waals surface area contributed by atoms with Gasteiger partial charge in [0.25, 0.3) is 0 Å². The van der Waals surface area contributed by atoms with Crippen LogP contribution < -0.4 is 4.90 Å². The molecule has 2 atom stereocenters. The third-order valence-electron chi connectivity index (χ3n) is 5.29. The molecule has 0 aromatic heterocycles. The lowest BCUT2D eigenvalue weighted by Crippen LogP contribution is -2.54. The number of likely N-dealkylation sites (tertiary alicyclic amines) is 1. The normalized spacial score (nSPS) is 25.9. The molecule has 0 aliphatic carbocycles. The Morgan fingerprint density at radius 3 is 2.75 bits per heavy atom. The van der Waals surface area contributed by atoms with Crippen LogP contribution in [0.2, 0.25) is 0 Å². The van der Waals surface area contributed by atoms with Gasteiger partial charge in [-0.1, -0.05) is 6.07 Å². The van der Waals surface area contributed by atoms with Gasteiger partial charge in [-0.05, 0) is 65.4 Å². The summed E-state index contributed by atoms with van der Waals surface area (Å²) in [4.78, 5) is 19.0. The van der Waals surface area contributed by atoms with E-state index in [1.165, 1.54) is 6.07 Å². The Labute approximate surface area is 144 Å². The second-order valence-electron chi connectivity index (χ2n) is 7.97. The minimum Gasteiger partial charge on any atom is -0.361 e. The van der Waals surface area contributed by atoms with E-state index in [1.54, 1.807) is 12.1 Å². The number of piperidine rings is 1. The zero-order chi connectivity index (χ0) is 17.5. The van der Waals surface area contributed by atoms with Crippen molar-refractivity contribution in [2.75, 3.05) is 32.1 Å². The number of carbonyl (C=O) groups is 1. The Hall–Kier alpha value is -1.62. The molecule has 2 saturated heterocycles. The molecule has 4 nitrogen and oxygen atoms in total. The van der Waals surface area contributed by atoms with Gasteiger partial charge >= 0.3 is 0 Å². The number of nitrogens with zero attached hydrogens (tertiary/aromatic N) is 3. The molecule has 5 heteroatoms. The molecule has 2 aliphatic heterocycles. The van der Waals surface area contributed by atoms with E-state index in [4.69, 9.17) is 0 Å². The van der Waals surface area contributed by atoms with Gasteiger partial charge < -0.3 is 14.7 Å². The Kier molecular flexibility index (Phi) is 4.56. The highest BCUT2D eigenvalue weighted by Crippen LogP contribution is 2.43. The predicted molar refractivity (Wildman–Crippen MR) is 94.7 cm³/mol. The fourth-order valence-corrected chi connectivity index (χ4v) is 4.48. The van der Waals surface area contributed by atoms with Gasteiger partial charge in [-0.3, -0.25) is 4.79 Å². The Morgan fingerprint density at radius 1 is 1.33 bits per heavy atom. The minimum atomic E-state index is -0.205. The van der Waals surface area contributed by atoms with Crippen LogP contribution >= 0.6 is 0 Å². The third kappa shape index (κ3) is 3.14. The monoisotopic (exact) mass is 333 g/mol. The highest BCUT2D eigenvalue weighted by molar-refractivity contribution is 5.79. The van der Waals surface area contributed by atoms with Crippen molar-refractivity contribution in [2.24, 2.45) is 0 Å². The van der Waals surface area contributed by atoms with Crippen LogP contribution in [0.5, 0.6) is 0 Å². The molecule has 0 radical (unpaired) electrons. The number of carbonyl (C=O) groups excluding carboxylic acids is 1. The van der Waals surface area contributed by atoms with Crippen LogP contribution in [0.3, 0.4) is 0 Å². The molecule has 0 bridgehead atoms. The summed E-state index contributed by atoms with van der Waals surface area (Å²) in [5.74, 6) is -0.00491. The van der Waals surface area contributed by atoms with Crippen molar-refractivity contribution >= 4 is 11.6 Å². The van der Waals surface area contributed by atoms with E-state index < -0.39 is 0 Å². The molecule has 24 heavy (non-hydrogen) atoms. The topological polar surface area (TPSA) is 26.8 Å². The second kappa shape index (κ2) is 6.36. The van der Waals surface area contributed by atoms with Crippen LogP contribution in [0.15, 0.2) is 24.3 Å². The molecule has 2 heterocycles. The minimum absolute atomic E-state index is 0.0931. The predicted octanol–water partition coefficient (Wildman–Crippen LogP) is 2.74. The number of hydrogen-bond acceptors (Lipinski definition) is 3. The van der Waals surface area contributed by atoms with Gasteiger partial charge in [-0.25, -0.2) is 4.39 Å². The van der Waals surface area contributed by atoms with E-state index in [9.17, 15) is 9.18 Å². The summed E-state index contributed by atoms with van der Waals surface area (Å²) < 4.78 is 13.7. The molecule has 3 rings (SSSR count). The number of hydrogen-bond donors (Lipinski definition) is 0. The largest absolute Gasteiger partial charge is 0.361 e. The average molecular weight is 333 g/mol. The summed E-state index contributed by atoms with van der Waals surface area (Å²) >= 11 is 0. The van der Waals surface area contributed by atoms with E-state index in [-0.39, 0.29) is 29.3 Å². The molecule has 2 fully saturated rings. The smallest absolute Gasteiger partial charge is 0.237 e. The molecule has 1 aromatic rings. The standard InChI is InChI=1S/C19H28FN3O/c1-19(2)12-17-16(23(19)15-8-5-7-14(20)11-15)9-6-10-22(17)18(24)13-21(3)4/h5,7-8,11,16-17H,6,9-10,12-13H2,1-4H3/t16-,17-/m0/s1. The van der Waals surface area contributed by atoms with Gasteiger partial charge in [-0.15, -0.1) is 0 Å². The van der Waals surface area contributed by atoms with E-state index in [2.05, 4.69) is 23.6 Å². The van der Waals surface area contributed by atoms with E-state index in [0.717, 1.165) is 31.5 Å². The molecular formula is C19H28FN3O. The highest BCUT2D eigenvalue weighted by atomic mass is 19.1. The molecular weight excluding hydrogens is 305 g/mol. The van der Waals surface area contributed by atoms with Crippen LogP contribution in [0.4, 0.5) is 10.1 Å². The van der Waals surface area contributed by atoms with Gasteiger partial charge in [0.15, 0.2) is 0 Å². The van der Waals surface area contributed by atoms with Gasteiger partial charge in [0.1, 0.15) is 5.82 Å². The summed E-state index contributed by atoms with van der Waals surface area (Å²) in [6, 6.07) is 7.33. The molecule has 0 unspecified atom stereocenters. The van der Waals surface area contributed by atoms with Crippen LogP contribution in [0, 0.1) is 5.82 Å². The zero-order valence-electron chi connectivity index (χ0n) is 15.1. The molecule has 132 valence electrons. The number of rotatable bonds is 3. The quantitative estimate of drug-likeness (QED) is 0.851. The highest BCUT2D eigenvalue weighted by Gasteiger charge is 2.50. The van der Waals surface area contributed by atoms with Crippen molar-refractivity contribution < 1.29 is 9.18 Å². The fraction of sp³-hybridized carbons (Fsp3) is 0.632. The Balaban J connectivity index is 1.90. The molecule has 2 aliphatic rings. The lowest BCUT2D eigenvalue weighted by Gasteiger charge is -2.42. The van der Waals surface area contributed by atoms with Gasteiger partial charge in [0.2, 0.25) is 5.91 Å². The first kappa shape index (κ1) is 17.2. The Bertz CT molecular complexity index is 616. The lowest BCUT2D eigenvalue weighted by molar-refractivity contribution is -0.135. The van der Waals surface area contributed by atoms with Gasteiger partial charge in [0.05, 0.1) is 18.6 Å². The summed E-state index contributed by atoms with van der Waals surface area (Å²) in [5, 5.41) is 0. The van der Waals surface area contributed by atoms with Crippen LogP contribution in [-0.4, -0.2) is 60.5 Å². The Morgan fingerprint density at radius 2 is 2.08 bits per heavy atom. The lowest BCUT2D eigenvalue weighted by atomic mass is 9.94. The van der Waals surface area contributed by atoms with Crippen LogP contribution in [0.25, 0.3) is 0 Å². The van der Waals surface area contributed by atoms with Crippen molar-refractivity contribution in [3.05, 3.63) is 30.1 Å². The summed E-state index contributed by atoms with van der Waals surface area (Å²) in [6.45, 7) is 5.68. The number of halogens is 1.